The second-order valence-corrected chi connectivity index (χ2v) is 10.2. The molecule has 0 heterocycles. The Hall–Kier alpha value is -1.82. The monoisotopic (exact) mass is 376 g/mol. The number of hydrogen-bond acceptors (Lipinski definition) is 3. The number of amides is 1. The molecule has 2 bridgehead atoms. The van der Waals surface area contributed by atoms with Crippen LogP contribution in [0.2, 0.25) is 0 Å². The van der Waals surface area contributed by atoms with Crippen LogP contribution in [0.15, 0.2) is 30.3 Å². The average molecular weight is 377 g/mol. The van der Waals surface area contributed by atoms with E-state index in [1.165, 1.54) is 12.8 Å². The molecule has 2 saturated carbocycles. The van der Waals surface area contributed by atoms with Crippen molar-refractivity contribution in [1.29, 1.82) is 0 Å². The highest BCUT2D eigenvalue weighted by atomic mass is 32.2. The Balaban J connectivity index is 1.60. The molecule has 26 heavy (non-hydrogen) atoms. The van der Waals surface area contributed by atoms with Crippen molar-refractivity contribution < 1.29 is 13.2 Å². The Bertz CT molecular complexity index is 827. The van der Waals surface area contributed by atoms with Crippen molar-refractivity contribution in [2.75, 3.05) is 11.0 Å². The Morgan fingerprint density at radius 2 is 1.85 bits per heavy atom. The fourth-order valence-electron chi connectivity index (χ4n) is 4.69. The molecular formula is C20H28N2O3S. The smallest absolute Gasteiger partial charge is 0.244 e. The Morgan fingerprint density at radius 1 is 1.19 bits per heavy atom. The lowest BCUT2D eigenvalue weighted by Crippen LogP contribution is -2.46. The van der Waals surface area contributed by atoms with Gasteiger partial charge < -0.3 is 5.32 Å². The predicted octanol–water partition coefficient (Wildman–Crippen LogP) is 3.40. The van der Waals surface area contributed by atoms with E-state index in [1.54, 1.807) is 36.4 Å². The highest BCUT2D eigenvalue weighted by Gasteiger charge is 2.61. The Labute approximate surface area is 156 Å². The van der Waals surface area contributed by atoms with Crippen molar-refractivity contribution in [3.8, 4) is 0 Å². The fraction of sp³-hybridized carbons (Fsp3) is 0.550. The number of hydrogen-bond donors (Lipinski definition) is 2. The topological polar surface area (TPSA) is 75.3 Å². The maximum absolute atomic E-state index is 12.4. The van der Waals surface area contributed by atoms with Crippen molar-refractivity contribution in [2.45, 2.75) is 46.1 Å². The second-order valence-electron chi connectivity index (χ2n) is 8.50. The first-order valence-corrected chi connectivity index (χ1v) is 11.0. The maximum Gasteiger partial charge on any atom is 0.244 e. The van der Waals surface area contributed by atoms with Crippen molar-refractivity contribution in [3.63, 3.8) is 0 Å². The Kier molecular flexibility index (Phi) is 4.67. The molecule has 0 saturated heterocycles. The van der Waals surface area contributed by atoms with Gasteiger partial charge in [0, 0.05) is 17.8 Å². The largest absolute Gasteiger partial charge is 0.349 e. The van der Waals surface area contributed by atoms with E-state index < -0.39 is 10.0 Å². The van der Waals surface area contributed by atoms with Crippen LogP contribution >= 0.6 is 0 Å². The van der Waals surface area contributed by atoms with Crippen LogP contribution in [-0.2, 0) is 14.8 Å². The summed E-state index contributed by atoms with van der Waals surface area (Å²) in [5.41, 5.74) is 1.79. The first kappa shape index (κ1) is 19.0. The average Bonchev–Trinajstić information content (AvgIpc) is 2.86. The normalized spacial score (nSPS) is 29.8. The molecule has 0 radical (unpaired) electrons. The molecule has 0 spiro atoms. The van der Waals surface area contributed by atoms with Crippen LogP contribution in [0.4, 0.5) is 5.69 Å². The molecule has 1 aromatic carbocycles. The summed E-state index contributed by atoms with van der Waals surface area (Å²) in [6.45, 7) is 6.97. The van der Waals surface area contributed by atoms with Crippen molar-refractivity contribution in [3.05, 3.63) is 35.9 Å². The minimum atomic E-state index is -3.28. The van der Waals surface area contributed by atoms with Gasteiger partial charge in [-0.25, -0.2) is 8.42 Å². The van der Waals surface area contributed by atoms with E-state index in [0.29, 0.717) is 11.6 Å². The molecule has 6 heteroatoms. The summed E-state index contributed by atoms with van der Waals surface area (Å²) in [7, 11) is -3.28. The lowest BCUT2D eigenvalue weighted by molar-refractivity contribution is -0.118. The number of rotatable bonds is 5. The zero-order chi connectivity index (χ0) is 19.2. The number of anilines is 1. The quantitative estimate of drug-likeness (QED) is 0.774. The molecule has 5 nitrogen and oxygen atoms in total. The van der Waals surface area contributed by atoms with E-state index in [1.807, 2.05) is 0 Å². The second kappa shape index (κ2) is 6.41. The van der Waals surface area contributed by atoms with Crippen LogP contribution in [0.25, 0.3) is 6.08 Å². The number of nitrogens with one attached hydrogen (secondary N) is 2. The zero-order valence-corrected chi connectivity index (χ0v) is 16.7. The fourth-order valence-corrected chi connectivity index (χ4v) is 5.25. The molecule has 0 aromatic heterocycles. The number of carbonyl (C=O) groups is 1. The summed E-state index contributed by atoms with van der Waals surface area (Å²) in [6, 6.07) is 7.14. The lowest BCUT2D eigenvalue weighted by atomic mass is 9.69. The molecule has 2 N–H and O–H groups in total. The standard InChI is InChI=1S/C20H28N2O3S/c1-19(2)15-11-12-20(19,3)17(13-15)21-18(23)10-7-14-5-8-16(9-6-14)22-26(4,24)25/h5-10,15,17,22H,11-13H2,1-4H3,(H,21,23)/b10-7+. The van der Waals surface area contributed by atoms with Crippen molar-refractivity contribution in [1.82, 2.24) is 5.32 Å². The van der Waals surface area contributed by atoms with E-state index in [2.05, 4.69) is 30.8 Å². The van der Waals surface area contributed by atoms with E-state index in [0.717, 1.165) is 18.2 Å². The molecule has 1 amide bonds. The summed E-state index contributed by atoms with van der Waals surface area (Å²) in [6.07, 6.45) is 7.92. The molecule has 0 aliphatic heterocycles. The first-order chi connectivity index (χ1) is 12.0. The van der Waals surface area contributed by atoms with Crippen LogP contribution in [0.3, 0.4) is 0 Å². The number of carbonyl (C=O) groups excluding carboxylic acids is 1. The van der Waals surface area contributed by atoms with E-state index in [9.17, 15) is 13.2 Å². The van der Waals surface area contributed by atoms with Gasteiger partial charge in [-0.05, 0) is 59.8 Å². The van der Waals surface area contributed by atoms with Crippen molar-refractivity contribution >= 4 is 27.7 Å². The molecule has 3 rings (SSSR count). The van der Waals surface area contributed by atoms with Gasteiger partial charge in [-0.2, -0.15) is 0 Å². The molecule has 1 aromatic rings. The van der Waals surface area contributed by atoms with Gasteiger partial charge in [0.25, 0.3) is 0 Å². The van der Waals surface area contributed by atoms with Gasteiger partial charge in [-0.1, -0.05) is 32.9 Å². The summed E-state index contributed by atoms with van der Waals surface area (Å²) in [5.74, 6) is 0.620. The third-order valence-corrected chi connectivity index (χ3v) is 7.36. The van der Waals surface area contributed by atoms with Crippen molar-refractivity contribution in [2.24, 2.45) is 16.7 Å². The summed E-state index contributed by atoms with van der Waals surface area (Å²) < 4.78 is 24.8. The third kappa shape index (κ3) is 3.52. The first-order valence-electron chi connectivity index (χ1n) is 9.08. The molecule has 2 aliphatic carbocycles. The number of sulfonamides is 1. The minimum Gasteiger partial charge on any atom is -0.349 e. The van der Waals surface area contributed by atoms with Gasteiger partial charge >= 0.3 is 0 Å². The highest BCUT2D eigenvalue weighted by Crippen LogP contribution is 2.65. The highest BCUT2D eigenvalue weighted by molar-refractivity contribution is 7.92. The molecule has 3 atom stereocenters. The van der Waals surface area contributed by atoms with Crippen LogP contribution < -0.4 is 10.0 Å². The Morgan fingerprint density at radius 3 is 2.35 bits per heavy atom. The molecule has 2 fully saturated rings. The zero-order valence-electron chi connectivity index (χ0n) is 15.9. The molecule has 3 unspecified atom stereocenters. The van der Waals surface area contributed by atoms with Crippen LogP contribution in [0.5, 0.6) is 0 Å². The number of benzene rings is 1. The van der Waals surface area contributed by atoms with Crippen LogP contribution in [0.1, 0.15) is 45.6 Å². The van der Waals surface area contributed by atoms with Crippen LogP contribution in [-0.4, -0.2) is 26.6 Å². The van der Waals surface area contributed by atoms with Gasteiger partial charge in [-0.3, -0.25) is 9.52 Å². The molecule has 142 valence electrons. The maximum atomic E-state index is 12.4. The predicted molar refractivity (Wildman–Crippen MR) is 105 cm³/mol. The summed E-state index contributed by atoms with van der Waals surface area (Å²) in [5, 5.41) is 3.20. The number of fused-ring (bicyclic) bond motifs is 2. The summed E-state index contributed by atoms with van der Waals surface area (Å²) >= 11 is 0. The van der Waals surface area contributed by atoms with Gasteiger partial charge in [-0.15, -0.1) is 0 Å². The third-order valence-electron chi connectivity index (χ3n) is 6.75. The van der Waals surface area contributed by atoms with Gasteiger partial charge in [0.1, 0.15) is 0 Å². The minimum absolute atomic E-state index is 0.0714. The summed E-state index contributed by atoms with van der Waals surface area (Å²) in [4.78, 5) is 12.4. The van der Waals surface area contributed by atoms with Crippen LogP contribution in [0, 0.1) is 16.7 Å². The van der Waals surface area contributed by atoms with E-state index >= 15 is 0 Å². The molecular weight excluding hydrogens is 348 g/mol. The molecule has 2 aliphatic rings. The SMILES string of the molecule is CC1(C)C2CCC1(C)C(NC(=O)/C=C/c1ccc(NS(C)(=O)=O)cc1)C2. The van der Waals surface area contributed by atoms with Gasteiger partial charge in [0.2, 0.25) is 15.9 Å². The van der Waals surface area contributed by atoms with Gasteiger partial charge in [0.15, 0.2) is 0 Å². The van der Waals surface area contributed by atoms with E-state index in [-0.39, 0.29) is 22.8 Å². The van der Waals surface area contributed by atoms with E-state index in [4.69, 9.17) is 0 Å². The van der Waals surface area contributed by atoms with Gasteiger partial charge in [0.05, 0.1) is 6.26 Å². The lowest BCUT2D eigenvalue weighted by Gasteiger charge is -2.39.